The maximum Gasteiger partial charge on any atom is 0.269 e. The number of benzene rings is 1. The van der Waals surface area contributed by atoms with Crippen molar-refractivity contribution in [1.29, 1.82) is 0 Å². The molecule has 0 atom stereocenters. The third kappa shape index (κ3) is 4.52. The van der Waals surface area contributed by atoms with Crippen LogP contribution in [-0.4, -0.2) is 44.4 Å². The first-order valence-corrected chi connectivity index (χ1v) is 10.9. The zero-order chi connectivity index (χ0) is 20.4. The molecule has 2 aromatic rings. The fourth-order valence-corrected chi connectivity index (χ4v) is 4.35. The SMILES string of the molecule is Cc1cc([N+](=O)[O-])ccc1NC(=O)CSc1nnc(N2CCCCC2)n1C1CC1. The van der Waals surface area contributed by atoms with Crippen molar-refractivity contribution >= 4 is 35.0 Å². The molecule has 0 spiro atoms. The number of carbonyl (C=O) groups is 1. The van der Waals surface area contributed by atoms with Crippen molar-refractivity contribution in [3.63, 3.8) is 0 Å². The van der Waals surface area contributed by atoms with Crippen LogP contribution in [0.4, 0.5) is 17.3 Å². The minimum absolute atomic E-state index is 0.0117. The van der Waals surface area contributed by atoms with E-state index in [9.17, 15) is 14.9 Å². The zero-order valence-electron chi connectivity index (χ0n) is 16.3. The highest BCUT2D eigenvalue weighted by Crippen LogP contribution is 2.41. The second-order valence-corrected chi connectivity index (χ2v) is 8.47. The van der Waals surface area contributed by atoms with E-state index in [-0.39, 0.29) is 17.3 Å². The molecule has 1 N–H and O–H groups in total. The molecule has 154 valence electrons. The molecule has 1 amide bonds. The summed E-state index contributed by atoms with van der Waals surface area (Å²) in [6.45, 7) is 3.76. The van der Waals surface area contributed by atoms with E-state index in [0.717, 1.165) is 37.0 Å². The number of nitro groups is 1. The number of thioether (sulfide) groups is 1. The molecule has 0 bridgehead atoms. The molecule has 2 fully saturated rings. The first-order valence-electron chi connectivity index (χ1n) is 9.90. The van der Waals surface area contributed by atoms with Gasteiger partial charge in [-0.25, -0.2) is 0 Å². The monoisotopic (exact) mass is 416 g/mol. The first kappa shape index (κ1) is 19.7. The smallest absolute Gasteiger partial charge is 0.269 e. The van der Waals surface area contributed by atoms with Gasteiger partial charge in [-0.15, -0.1) is 10.2 Å². The lowest BCUT2D eigenvalue weighted by Crippen LogP contribution is -2.32. The van der Waals surface area contributed by atoms with E-state index in [4.69, 9.17) is 0 Å². The van der Waals surface area contributed by atoms with E-state index in [1.807, 2.05) is 0 Å². The van der Waals surface area contributed by atoms with Crippen LogP contribution in [0.1, 0.15) is 43.7 Å². The molecule has 1 aromatic heterocycles. The van der Waals surface area contributed by atoms with Crippen LogP contribution in [-0.2, 0) is 4.79 Å². The van der Waals surface area contributed by atoms with Gasteiger partial charge in [0.05, 0.1) is 10.7 Å². The van der Waals surface area contributed by atoms with Crippen LogP contribution in [0.3, 0.4) is 0 Å². The molecule has 10 heteroatoms. The summed E-state index contributed by atoms with van der Waals surface area (Å²) in [5, 5.41) is 23.2. The van der Waals surface area contributed by atoms with Gasteiger partial charge in [0.25, 0.3) is 5.69 Å². The Morgan fingerprint density at radius 2 is 2.03 bits per heavy atom. The topological polar surface area (TPSA) is 106 Å². The second kappa shape index (κ2) is 8.40. The number of hydrogen-bond donors (Lipinski definition) is 1. The largest absolute Gasteiger partial charge is 0.341 e. The molecular weight excluding hydrogens is 392 g/mol. The van der Waals surface area contributed by atoms with Gasteiger partial charge in [-0.2, -0.15) is 0 Å². The van der Waals surface area contributed by atoms with Crippen molar-refractivity contribution in [2.24, 2.45) is 0 Å². The van der Waals surface area contributed by atoms with Crippen molar-refractivity contribution in [2.45, 2.75) is 50.2 Å². The molecule has 2 heterocycles. The van der Waals surface area contributed by atoms with E-state index >= 15 is 0 Å². The van der Waals surface area contributed by atoms with Crippen LogP contribution in [0.5, 0.6) is 0 Å². The molecule has 0 unspecified atom stereocenters. The summed E-state index contributed by atoms with van der Waals surface area (Å²) in [6.07, 6.45) is 5.87. The molecule has 1 saturated heterocycles. The molecule has 29 heavy (non-hydrogen) atoms. The summed E-state index contributed by atoms with van der Waals surface area (Å²) < 4.78 is 2.19. The number of amides is 1. The number of nitrogens with zero attached hydrogens (tertiary/aromatic N) is 5. The van der Waals surface area contributed by atoms with Crippen LogP contribution >= 0.6 is 11.8 Å². The molecule has 9 nitrogen and oxygen atoms in total. The second-order valence-electron chi connectivity index (χ2n) is 7.52. The van der Waals surface area contributed by atoms with Gasteiger partial charge >= 0.3 is 0 Å². The van der Waals surface area contributed by atoms with Crippen molar-refractivity contribution in [3.05, 3.63) is 33.9 Å². The summed E-state index contributed by atoms with van der Waals surface area (Å²) >= 11 is 1.38. The minimum Gasteiger partial charge on any atom is -0.341 e. The van der Waals surface area contributed by atoms with E-state index < -0.39 is 4.92 Å². The van der Waals surface area contributed by atoms with Gasteiger partial charge in [0.2, 0.25) is 11.9 Å². The number of anilines is 2. The number of rotatable bonds is 7. The maximum atomic E-state index is 12.4. The van der Waals surface area contributed by atoms with Gasteiger partial charge in [0.15, 0.2) is 5.16 Å². The summed E-state index contributed by atoms with van der Waals surface area (Å²) in [6, 6.07) is 4.85. The standard InChI is InChI=1S/C19H24N6O3S/c1-13-11-15(25(27)28)7-8-16(13)20-17(26)12-29-19-22-21-18(24(19)14-5-6-14)23-9-3-2-4-10-23/h7-8,11,14H,2-6,9-10,12H2,1H3,(H,20,26). The summed E-state index contributed by atoms with van der Waals surface area (Å²) in [7, 11) is 0. The highest BCUT2D eigenvalue weighted by molar-refractivity contribution is 7.99. The van der Waals surface area contributed by atoms with Crippen molar-refractivity contribution < 1.29 is 9.72 Å². The van der Waals surface area contributed by atoms with Crippen LogP contribution in [0, 0.1) is 17.0 Å². The Bertz CT molecular complexity index is 921. The molecule has 1 aliphatic carbocycles. The third-order valence-corrected chi connectivity index (χ3v) is 6.17. The van der Waals surface area contributed by atoms with E-state index in [2.05, 4.69) is 25.0 Å². The molecule has 1 aromatic carbocycles. The lowest BCUT2D eigenvalue weighted by Gasteiger charge is -2.27. The number of non-ortho nitro benzene ring substituents is 1. The Labute approximate surface area is 173 Å². The van der Waals surface area contributed by atoms with Crippen LogP contribution in [0.2, 0.25) is 0 Å². The number of nitro benzene ring substituents is 1. The Hall–Kier alpha value is -2.62. The number of nitrogens with one attached hydrogen (secondary N) is 1. The van der Waals surface area contributed by atoms with Crippen molar-refractivity contribution in [2.75, 3.05) is 29.1 Å². The van der Waals surface area contributed by atoms with Crippen LogP contribution < -0.4 is 10.2 Å². The summed E-state index contributed by atoms with van der Waals surface area (Å²) in [4.78, 5) is 25.1. The Morgan fingerprint density at radius 1 is 1.28 bits per heavy atom. The Kier molecular flexibility index (Phi) is 5.70. The molecule has 2 aliphatic rings. The molecule has 1 saturated carbocycles. The van der Waals surface area contributed by atoms with Gasteiger partial charge in [0, 0.05) is 37.0 Å². The van der Waals surface area contributed by atoms with Crippen LogP contribution in [0.15, 0.2) is 23.4 Å². The summed E-state index contributed by atoms with van der Waals surface area (Å²) in [5.41, 5.74) is 1.25. The quantitative estimate of drug-likeness (QED) is 0.418. The Balaban J connectivity index is 1.40. The van der Waals surface area contributed by atoms with Crippen molar-refractivity contribution in [1.82, 2.24) is 14.8 Å². The maximum absolute atomic E-state index is 12.4. The lowest BCUT2D eigenvalue weighted by molar-refractivity contribution is -0.384. The number of hydrogen-bond acceptors (Lipinski definition) is 7. The highest BCUT2D eigenvalue weighted by atomic mass is 32.2. The predicted octanol–water partition coefficient (Wildman–Crippen LogP) is 3.55. The fourth-order valence-electron chi connectivity index (χ4n) is 3.55. The minimum atomic E-state index is -0.445. The van der Waals surface area contributed by atoms with E-state index in [1.54, 1.807) is 13.0 Å². The lowest BCUT2D eigenvalue weighted by atomic mass is 10.1. The number of aromatic nitrogens is 3. The van der Waals surface area contributed by atoms with E-state index in [1.165, 1.54) is 43.2 Å². The molecule has 0 radical (unpaired) electrons. The van der Waals surface area contributed by atoms with Gasteiger partial charge in [0.1, 0.15) is 0 Å². The molecule has 4 rings (SSSR count). The number of aryl methyl sites for hydroxylation is 1. The number of carbonyl (C=O) groups excluding carboxylic acids is 1. The average Bonchev–Trinajstić information content (AvgIpc) is 3.47. The van der Waals surface area contributed by atoms with Crippen molar-refractivity contribution in [3.8, 4) is 0 Å². The first-order chi connectivity index (χ1) is 14.0. The third-order valence-electron chi connectivity index (χ3n) is 5.22. The molecule has 1 aliphatic heterocycles. The van der Waals surface area contributed by atoms with Gasteiger partial charge in [-0.1, -0.05) is 11.8 Å². The van der Waals surface area contributed by atoms with Crippen LogP contribution in [0.25, 0.3) is 0 Å². The normalized spacial score (nSPS) is 16.7. The van der Waals surface area contributed by atoms with E-state index in [0.29, 0.717) is 17.3 Å². The highest BCUT2D eigenvalue weighted by Gasteiger charge is 2.32. The Morgan fingerprint density at radius 3 is 2.69 bits per heavy atom. The fraction of sp³-hybridized carbons (Fsp3) is 0.526. The summed E-state index contributed by atoms with van der Waals surface area (Å²) in [5.74, 6) is 0.972. The predicted molar refractivity (Wildman–Crippen MR) is 112 cm³/mol. The molecular formula is C19H24N6O3S. The zero-order valence-corrected chi connectivity index (χ0v) is 17.2. The average molecular weight is 417 g/mol. The van der Waals surface area contributed by atoms with Gasteiger partial charge in [-0.3, -0.25) is 19.5 Å². The van der Waals surface area contributed by atoms with Gasteiger partial charge in [-0.05, 0) is 50.7 Å². The van der Waals surface area contributed by atoms with Gasteiger partial charge < -0.3 is 10.2 Å². The number of piperidine rings is 1.